The first kappa shape index (κ1) is 107. The minimum atomic E-state index is -0.187. The summed E-state index contributed by atoms with van der Waals surface area (Å²) in [5, 5.41) is 35.8. The standard InChI is InChI=1S/7C11H15N5O2.C10H13N5O2/c1-16(2)11(13)15-10(12)14-7-3-4-8-9(5-7)18-6-17-8;1-14-10(12)15-11(13)16(2)7-3-4-8-9(5-7)18-6-17-8;1-15(11(14)16(2)10(12)13)7-3-4-8-9(5-7)18-6-17-8;1-14-10(12)16-11(13)15-5-7-2-3-8-9(4-7)18-6-17-8;1-16(11(14)15-10(12)13)5-7-2-3-8-9(4-7)18-6-17-8;1-16(10(12)13)11(14)15-5-7-2-3-8-9(4-7)18-6-17-8;1-14-11(16-10(12)13)15-5-7-2-3-8-9(4-7)18-6-17-8;11-9(12)15-10(13)14-4-6-1-2-7-8(3-6)17-5-16-7/h2*3-5H,6H2,1-2H3,(H4,12,13,14,15);3-5,14H,6H2,1-2H3,(H3,12,13);2-4H,5-6H2,1H3,(H5,12,13,14,15,16);2-4H,5-6H2,1H3,(H5,12,13,14,15);2-4H,5-6H2,1H3,(H3,12,13)(H2,14,15);2-4H,5-6H2,1H3,(H5,12,13,14,15,16);1-3H,4-5H2,(H6,11,12,13,14,15). The predicted molar refractivity (Wildman–Crippen MR) is 544 cm³/mol. The number of fused-ring (bicyclic) bond motifs is 8. The second-order valence-corrected chi connectivity index (χ2v) is 29.7. The largest absolute Gasteiger partial charge is 0.454 e. The summed E-state index contributed by atoms with van der Waals surface area (Å²) in [6.45, 7) is 4.18. The zero-order valence-electron chi connectivity index (χ0n) is 79.9. The molecule has 0 aromatic heterocycles. The molecule has 0 unspecified atom stereocenters. The molecule has 8 aliphatic heterocycles. The van der Waals surface area contributed by atoms with Crippen molar-refractivity contribution in [2.75, 3.05) is 135 Å². The highest BCUT2D eigenvalue weighted by Crippen LogP contribution is 2.41. The van der Waals surface area contributed by atoms with Crippen molar-refractivity contribution in [2.24, 2.45) is 152 Å². The molecule has 0 radical (unpaired) electrons. The Morgan fingerprint density at radius 1 is 0.315 bits per heavy atom. The fourth-order valence-electron chi connectivity index (χ4n) is 11.7. The van der Waals surface area contributed by atoms with Gasteiger partial charge in [0.2, 0.25) is 96.1 Å². The third kappa shape index (κ3) is 33.5. The van der Waals surface area contributed by atoms with Gasteiger partial charge in [-0.2, -0.15) is 25.0 Å². The molecule has 143 heavy (non-hydrogen) atoms. The highest BCUT2D eigenvalue weighted by atomic mass is 16.7. The maximum absolute atomic E-state index is 7.92. The van der Waals surface area contributed by atoms with Crippen LogP contribution in [0.4, 0.5) is 17.1 Å². The molecule has 8 aliphatic rings. The van der Waals surface area contributed by atoms with E-state index in [9.17, 15) is 0 Å². The average molecular weight is 1980 g/mol. The van der Waals surface area contributed by atoms with Gasteiger partial charge in [-0.05, 0) is 125 Å². The molecule has 0 saturated carbocycles. The Balaban J connectivity index is 0.000000182. The van der Waals surface area contributed by atoms with Crippen LogP contribution in [0.1, 0.15) is 27.8 Å². The van der Waals surface area contributed by atoms with Crippen LogP contribution in [0.5, 0.6) is 92.0 Å². The second-order valence-electron chi connectivity index (χ2n) is 29.7. The van der Waals surface area contributed by atoms with Crippen LogP contribution in [0.3, 0.4) is 0 Å². The predicted octanol–water partition coefficient (Wildman–Crippen LogP) is 0.102. The number of rotatable bonds is 13. The summed E-state index contributed by atoms with van der Waals surface area (Å²) in [6.07, 6.45) is 0. The van der Waals surface area contributed by atoms with Crippen LogP contribution in [0.15, 0.2) is 206 Å². The fraction of sp³-hybridized carbons (Fsp3) is 0.264. The highest BCUT2D eigenvalue weighted by molar-refractivity contribution is 6.04. The fourth-order valence-corrected chi connectivity index (χ4v) is 11.7. The Morgan fingerprint density at radius 2 is 0.671 bits per heavy atom. The van der Waals surface area contributed by atoms with Crippen LogP contribution < -0.4 is 188 Å². The summed E-state index contributed by atoms with van der Waals surface area (Å²) < 4.78 is 83.9. The van der Waals surface area contributed by atoms with E-state index in [4.69, 9.17) is 189 Å². The Kier molecular flexibility index (Phi) is 39.4. The maximum Gasteiger partial charge on any atom is 0.231 e. The van der Waals surface area contributed by atoms with Crippen LogP contribution in [-0.2, 0) is 32.7 Å². The molecule has 56 nitrogen and oxygen atoms in total. The molecule has 0 fully saturated rings. The molecule has 0 atom stereocenters. The molecule has 8 heterocycles. The van der Waals surface area contributed by atoms with E-state index in [1.165, 1.54) is 9.80 Å². The van der Waals surface area contributed by atoms with Gasteiger partial charge in [-0.15, -0.1) is 0 Å². The maximum atomic E-state index is 7.92. The van der Waals surface area contributed by atoms with Gasteiger partial charge in [0.1, 0.15) is 0 Å². The summed E-state index contributed by atoms with van der Waals surface area (Å²) in [4.78, 5) is 55.9. The lowest BCUT2D eigenvalue weighted by Gasteiger charge is -2.26. The van der Waals surface area contributed by atoms with Gasteiger partial charge < -0.3 is 192 Å². The van der Waals surface area contributed by atoms with Gasteiger partial charge >= 0.3 is 0 Å². The van der Waals surface area contributed by atoms with Gasteiger partial charge in [0.05, 0.1) is 25.3 Å². The number of nitrogens with two attached hydrogens (primary N) is 16. The molecular weight excluding hydrogens is 1860 g/mol. The number of hydrogen-bond donors (Lipinski definition) is 22. The third-order valence-electron chi connectivity index (χ3n) is 19.4. The van der Waals surface area contributed by atoms with E-state index in [0.717, 1.165) is 85.2 Å². The van der Waals surface area contributed by atoms with Crippen LogP contribution >= 0.6 is 0 Å². The number of nitrogens with one attached hydrogen (secondary N) is 6. The van der Waals surface area contributed by atoms with E-state index >= 15 is 0 Å². The molecule has 8 aromatic rings. The molecule has 16 rings (SSSR count). The number of nitrogens with zero attached hydrogens (tertiary/aromatic N) is 18. The first-order chi connectivity index (χ1) is 68.3. The molecule has 0 aliphatic carbocycles. The number of guanidine groups is 16. The van der Waals surface area contributed by atoms with Crippen molar-refractivity contribution in [3.63, 3.8) is 0 Å². The molecule has 38 N–H and O–H groups in total. The Hall–Kier alpha value is -19.5. The first-order valence-corrected chi connectivity index (χ1v) is 42.3. The van der Waals surface area contributed by atoms with Gasteiger partial charge in [-0.1, -0.05) is 30.3 Å². The van der Waals surface area contributed by atoms with E-state index in [1.54, 1.807) is 120 Å². The lowest BCUT2D eigenvalue weighted by molar-refractivity contribution is 0.173. The van der Waals surface area contributed by atoms with Crippen LogP contribution in [0, 0.1) is 21.6 Å². The average Bonchev–Trinajstić information content (AvgIpc) is 1.74. The zero-order chi connectivity index (χ0) is 104. The first-order valence-electron chi connectivity index (χ1n) is 42.3. The van der Waals surface area contributed by atoms with Gasteiger partial charge in [0.25, 0.3) is 0 Å². The number of benzene rings is 8. The highest BCUT2D eigenvalue weighted by Gasteiger charge is 2.24. The van der Waals surface area contributed by atoms with E-state index in [1.807, 2.05) is 115 Å². The Bertz CT molecular complexity index is 6190. The van der Waals surface area contributed by atoms with Crippen molar-refractivity contribution in [3.05, 3.63) is 173 Å². The zero-order valence-corrected chi connectivity index (χ0v) is 79.9. The minimum Gasteiger partial charge on any atom is -0.454 e. The van der Waals surface area contributed by atoms with Crippen molar-refractivity contribution in [2.45, 2.75) is 32.7 Å². The van der Waals surface area contributed by atoms with Gasteiger partial charge in [0, 0.05) is 113 Å². The van der Waals surface area contributed by atoms with Gasteiger partial charge in [-0.25, -0.2) is 20.0 Å². The summed E-state index contributed by atoms with van der Waals surface area (Å²) in [5.74, 6) is 12.7. The Morgan fingerprint density at radius 3 is 1.08 bits per heavy atom. The molecule has 762 valence electrons. The topological polar surface area (TPSA) is 851 Å². The van der Waals surface area contributed by atoms with Crippen molar-refractivity contribution in [3.8, 4) is 92.0 Å². The van der Waals surface area contributed by atoms with Crippen molar-refractivity contribution in [1.29, 1.82) is 21.6 Å². The van der Waals surface area contributed by atoms with Crippen molar-refractivity contribution in [1.82, 2.24) is 30.2 Å². The third-order valence-corrected chi connectivity index (χ3v) is 19.4. The number of aliphatic imine (C=N–C) groups is 12. The molecule has 0 bridgehead atoms. The monoisotopic (exact) mass is 1980 g/mol. The number of hydrogen-bond acceptors (Lipinski definition) is 27. The van der Waals surface area contributed by atoms with Crippen LogP contribution in [0.25, 0.3) is 0 Å². The van der Waals surface area contributed by atoms with E-state index in [2.05, 4.69) is 70.5 Å². The summed E-state index contributed by atoms with van der Waals surface area (Å²) >= 11 is 0. The molecular formula is C87H118N40O16. The number of anilines is 2. The lowest BCUT2D eigenvalue weighted by Crippen LogP contribution is -2.45. The van der Waals surface area contributed by atoms with Gasteiger partial charge in [0.15, 0.2) is 146 Å². The summed E-state index contributed by atoms with van der Waals surface area (Å²) in [6, 6.07) is 44.2. The van der Waals surface area contributed by atoms with E-state index in [0.29, 0.717) is 90.4 Å². The van der Waals surface area contributed by atoms with Gasteiger partial charge in [-0.3, -0.25) is 51.7 Å². The SMILES string of the molecule is CN(C(=N)N)C(=N)N(C)c1ccc2c(c1)OCO2.CN(C(=N)N)C(N)=NCc1ccc2c(c1)OCO2.CN(C)C(N)=NC(N)=Nc1ccc2c(c1)OCO2.CN(Cc1ccc2c(c1)OCO2)C(=N)N=C(N)N.CN=C(N)N=C(N)N(C)c1ccc2c(c1)OCO2.CN=C(N)NC(N)=NCc1ccc2c(c1)OCO2.CN=C(N=C(N)N)NCc1ccc2c(c1)OCO2.NC(N)=NC(N)=NCc1ccc2c(c1)OCO2. The molecule has 56 heteroatoms. The molecule has 8 aromatic carbocycles. The number of ether oxygens (including phenoxy) is 16. The quantitative estimate of drug-likeness (QED) is 0.0538. The summed E-state index contributed by atoms with van der Waals surface area (Å²) in [5.41, 5.74) is 93.9. The lowest BCUT2D eigenvalue weighted by atomic mass is 10.2. The van der Waals surface area contributed by atoms with Crippen molar-refractivity contribution >= 4 is 112 Å². The summed E-state index contributed by atoms with van der Waals surface area (Å²) in [7, 11) is 16.6. The molecule has 0 amide bonds. The van der Waals surface area contributed by atoms with E-state index < -0.39 is 0 Å². The van der Waals surface area contributed by atoms with Crippen molar-refractivity contribution < 1.29 is 75.8 Å². The van der Waals surface area contributed by atoms with E-state index in [-0.39, 0.29) is 144 Å². The smallest absolute Gasteiger partial charge is 0.231 e. The Labute approximate surface area is 820 Å². The molecule has 0 saturated heterocycles. The van der Waals surface area contributed by atoms with Crippen LogP contribution in [-0.4, -0.2) is 240 Å². The second kappa shape index (κ2) is 52.5. The molecule has 0 spiro atoms. The van der Waals surface area contributed by atoms with Crippen LogP contribution in [0.2, 0.25) is 0 Å². The normalized spacial score (nSPS) is 13.6. The minimum absolute atomic E-state index is 0.00710.